The van der Waals surface area contributed by atoms with E-state index in [2.05, 4.69) is 10.4 Å². The third-order valence-electron chi connectivity index (χ3n) is 3.26. The quantitative estimate of drug-likeness (QED) is 0.525. The summed E-state index contributed by atoms with van der Waals surface area (Å²) < 4.78 is 0. The maximum Gasteiger partial charge on any atom is 0.272 e. The Bertz CT molecular complexity index is 424. The van der Waals surface area contributed by atoms with E-state index in [9.17, 15) is 4.79 Å². The molecular weight excluding hydrogens is 232 g/mol. The predicted molar refractivity (Wildman–Crippen MR) is 67.8 cm³/mol. The first-order valence-corrected chi connectivity index (χ1v) is 6.07. The van der Waals surface area contributed by atoms with Gasteiger partial charge in [0.05, 0.1) is 5.69 Å². The lowest BCUT2D eigenvalue weighted by atomic mass is 10.1. The van der Waals surface area contributed by atoms with Crippen LogP contribution in [0, 0.1) is 5.92 Å². The predicted octanol–water partition coefficient (Wildman–Crippen LogP) is 0.212. The summed E-state index contributed by atoms with van der Waals surface area (Å²) in [4.78, 5) is 18.0. The lowest BCUT2D eigenvalue weighted by molar-refractivity contribution is 0.0779. The molecule has 1 aliphatic heterocycles. The highest BCUT2D eigenvalue weighted by Crippen LogP contribution is 2.21. The number of aromatic nitrogens is 1. The minimum absolute atomic E-state index is 0.0764. The lowest BCUT2D eigenvalue weighted by Crippen LogP contribution is -2.29. The number of pyridine rings is 1. The van der Waals surface area contributed by atoms with Gasteiger partial charge in [0.15, 0.2) is 0 Å². The van der Waals surface area contributed by atoms with Crippen molar-refractivity contribution < 1.29 is 9.90 Å². The van der Waals surface area contributed by atoms with Gasteiger partial charge < -0.3 is 15.4 Å². The van der Waals surface area contributed by atoms with Crippen molar-refractivity contribution in [1.82, 2.24) is 9.88 Å². The van der Waals surface area contributed by atoms with Gasteiger partial charge in [0, 0.05) is 25.9 Å². The Morgan fingerprint density at radius 2 is 2.50 bits per heavy atom. The van der Waals surface area contributed by atoms with Gasteiger partial charge >= 0.3 is 0 Å². The third kappa shape index (κ3) is 2.77. The summed E-state index contributed by atoms with van der Waals surface area (Å²) >= 11 is 0. The summed E-state index contributed by atoms with van der Waals surface area (Å²) in [5.41, 5.74) is 3.56. The van der Waals surface area contributed by atoms with Gasteiger partial charge in [-0.15, -0.1) is 0 Å². The van der Waals surface area contributed by atoms with Crippen molar-refractivity contribution in [2.45, 2.75) is 12.8 Å². The summed E-state index contributed by atoms with van der Waals surface area (Å²) in [5, 5.41) is 8.90. The van der Waals surface area contributed by atoms with E-state index in [0.29, 0.717) is 23.8 Å². The van der Waals surface area contributed by atoms with Crippen molar-refractivity contribution in [3.05, 3.63) is 24.0 Å². The summed E-state index contributed by atoms with van der Waals surface area (Å²) in [7, 11) is 0. The van der Waals surface area contributed by atoms with Gasteiger partial charge in [-0.05, 0) is 30.9 Å². The first-order chi connectivity index (χ1) is 8.74. The number of hydrazine groups is 1. The first kappa shape index (κ1) is 12.8. The van der Waals surface area contributed by atoms with Crippen LogP contribution in [0.2, 0.25) is 0 Å². The Hall–Kier alpha value is -1.66. The third-order valence-corrected chi connectivity index (χ3v) is 3.26. The Kier molecular flexibility index (Phi) is 4.11. The normalized spacial score (nSPS) is 19.0. The minimum atomic E-state index is -0.0764. The summed E-state index contributed by atoms with van der Waals surface area (Å²) in [6.07, 6.45) is 3.26. The maximum absolute atomic E-state index is 12.2. The Morgan fingerprint density at radius 3 is 3.22 bits per heavy atom. The Labute approximate surface area is 106 Å². The number of nitrogens with two attached hydrogens (primary N) is 1. The highest BCUT2D eigenvalue weighted by atomic mass is 16.3. The van der Waals surface area contributed by atoms with E-state index in [1.807, 2.05) is 0 Å². The van der Waals surface area contributed by atoms with E-state index in [1.54, 1.807) is 23.2 Å². The molecule has 1 unspecified atom stereocenters. The molecule has 18 heavy (non-hydrogen) atoms. The zero-order valence-corrected chi connectivity index (χ0v) is 10.2. The number of hydrogen-bond acceptors (Lipinski definition) is 5. The highest BCUT2D eigenvalue weighted by molar-refractivity contribution is 5.93. The molecule has 0 radical (unpaired) electrons. The first-order valence-electron chi connectivity index (χ1n) is 6.07. The fourth-order valence-electron chi connectivity index (χ4n) is 2.23. The largest absolute Gasteiger partial charge is 0.396 e. The molecule has 1 saturated heterocycles. The number of amides is 1. The van der Waals surface area contributed by atoms with Crippen LogP contribution in [-0.2, 0) is 0 Å². The van der Waals surface area contributed by atoms with Crippen molar-refractivity contribution in [1.29, 1.82) is 0 Å². The molecule has 1 aliphatic rings. The van der Waals surface area contributed by atoms with Crippen LogP contribution in [0.5, 0.6) is 0 Å². The van der Waals surface area contributed by atoms with Gasteiger partial charge in [-0.1, -0.05) is 0 Å². The second-order valence-corrected chi connectivity index (χ2v) is 4.49. The number of nitrogens with zero attached hydrogens (tertiary/aromatic N) is 2. The number of nitrogens with one attached hydrogen (secondary N) is 1. The smallest absolute Gasteiger partial charge is 0.272 e. The van der Waals surface area contributed by atoms with Crippen LogP contribution in [0.3, 0.4) is 0 Å². The number of aliphatic hydroxyl groups excluding tert-OH is 1. The average Bonchev–Trinajstić information content (AvgIpc) is 2.87. The fraction of sp³-hybridized carbons (Fsp3) is 0.500. The lowest BCUT2D eigenvalue weighted by Gasteiger charge is -2.16. The summed E-state index contributed by atoms with van der Waals surface area (Å²) in [5.74, 6) is 5.63. The molecule has 0 bridgehead atoms. The maximum atomic E-state index is 12.2. The average molecular weight is 250 g/mol. The second kappa shape index (κ2) is 5.79. The number of aliphatic hydroxyl groups is 1. The molecule has 1 amide bonds. The minimum Gasteiger partial charge on any atom is -0.396 e. The van der Waals surface area contributed by atoms with Gasteiger partial charge in [-0.2, -0.15) is 0 Å². The van der Waals surface area contributed by atoms with Gasteiger partial charge in [0.25, 0.3) is 5.91 Å². The highest BCUT2D eigenvalue weighted by Gasteiger charge is 2.27. The molecule has 1 aromatic heterocycles. The topological polar surface area (TPSA) is 91.5 Å². The number of hydrogen-bond donors (Lipinski definition) is 3. The molecule has 0 aromatic carbocycles. The van der Waals surface area contributed by atoms with Crippen LogP contribution in [-0.4, -0.2) is 40.6 Å². The Morgan fingerprint density at radius 1 is 1.67 bits per heavy atom. The van der Waals surface area contributed by atoms with E-state index in [0.717, 1.165) is 19.4 Å². The van der Waals surface area contributed by atoms with Gasteiger partial charge in [-0.3, -0.25) is 15.6 Å². The molecule has 1 fully saturated rings. The SMILES string of the molecule is NNc1ccnc(C(=O)N2CCC(CCO)C2)c1. The van der Waals surface area contributed by atoms with Crippen LogP contribution in [0.4, 0.5) is 5.69 Å². The number of rotatable bonds is 4. The number of carbonyl (C=O) groups excluding carboxylic acids is 1. The molecular formula is C12H18N4O2. The molecule has 0 aliphatic carbocycles. The molecule has 0 spiro atoms. The summed E-state index contributed by atoms with van der Waals surface area (Å²) in [6, 6.07) is 3.34. The molecule has 2 rings (SSSR count). The molecule has 2 heterocycles. The van der Waals surface area contributed by atoms with Crippen molar-refractivity contribution in [2.24, 2.45) is 11.8 Å². The van der Waals surface area contributed by atoms with Crippen LogP contribution < -0.4 is 11.3 Å². The number of likely N-dealkylation sites (tertiary alicyclic amines) is 1. The fourth-order valence-corrected chi connectivity index (χ4v) is 2.23. The molecule has 6 nitrogen and oxygen atoms in total. The van der Waals surface area contributed by atoms with E-state index in [-0.39, 0.29) is 12.5 Å². The number of carbonyl (C=O) groups is 1. The number of anilines is 1. The Balaban J connectivity index is 2.03. The summed E-state index contributed by atoms with van der Waals surface area (Å²) in [6.45, 7) is 1.60. The van der Waals surface area contributed by atoms with Crippen molar-refractivity contribution in [3.63, 3.8) is 0 Å². The van der Waals surface area contributed by atoms with Crippen molar-refractivity contribution >= 4 is 11.6 Å². The van der Waals surface area contributed by atoms with Crippen molar-refractivity contribution in [2.75, 3.05) is 25.1 Å². The number of nitrogen functional groups attached to an aromatic ring is 1. The van der Waals surface area contributed by atoms with E-state index >= 15 is 0 Å². The zero-order valence-electron chi connectivity index (χ0n) is 10.2. The van der Waals surface area contributed by atoms with Crippen LogP contribution in [0.25, 0.3) is 0 Å². The van der Waals surface area contributed by atoms with Crippen molar-refractivity contribution in [3.8, 4) is 0 Å². The second-order valence-electron chi connectivity index (χ2n) is 4.49. The van der Waals surface area contributed by atoms with E-state index in [4.69, 9.17) is 10.9 Å². The zero-order chi connectivity index (χ0) is 13.0. The van der Waals surface area contributed by atoms with Gasteiger partial charge in [-0.25, -0.2) is 0 Å². The molecule has 1 atom stereocenters. The van der Waals surface area contributed by atoms with Gasteiger partial charge in [0.2, 0.25) is 0 Å². The van der Waals surface area contributed by atoms with Crippen LogP contribution in [0.15, 0.2) is 18.3 Å². The molecule has 4 N–H and O–H groups in total. The molecule has 1 aromatic rings. The standard InChI is InChI=1S/C12H18N4O2/c13-15-10-1-4-14-11(7-10)12(18)16-5-2-9(8-16)3-6-17/h1,4,7,9,17H,2-3,5-6,8,13H2,(H,14,15). The van der Waals surface area contributed by atoms with Crippen LogP contribution in [0.1, 0.15) is 23.3 Å². The van der Waals surface area contributed by atoms with E-state index in [1.165, 1.54) is 0 Å². The molecule has 98 valence electrons. The van der Waals surface area contributed by atoms with E-state index < -0.39 is 0 Å². The van der Waals surface area contributed by atoms with Gasteiger partial charge in [0.1, 0.15) is 5.69 Å². The monoisotopic (exact) mass is 250 g/mol. The molecule has 6 heteroatoms. The van der Waals surface area contributed by atoms with Crippen LogP contribution >= 0.6 is 0 Å². The molecule has 0 saturated carbocycles.